The van der Waals surface area contributed by atoms with Crippen LogP contribution in [0.1, 0.15) is 37.6 Å². The van der Waals surface area contributed by atoms with Crippen molar-refractivity contribution in [3.05, 3.63) is 23.9 Å². The maximum Gasteiger partial charge on any atom is 0.254 e. The fourth-order valence-corrected chi connectivity index (χ4v) is 2.54. The predicted octanol–water partition coefficient (Wildman–Crippen LogP) is 2.07. The predicted molar refractivity (Wildman–Crippen MR) is 85.6 cm³/mol. The first-order valence-corrected chi connectivity index (χ1v) is 7.85. The Hall–Kier alpha value is -1.62. The van der Waals surface area contributed by atoms with Gasteiger partial charge in [0.1, 0.15) is 5.82 Å². The van der Waals surface area contributed by atoms with Gasteiger partial charge in [0.2, 0.25) is 0 Å². The Labute approximate surface area is 127 Å². The summed E-state index contributed by atoms with van der Waals surface area (Å²) in [6.45, 7) is 10.9. The number of nitrogens with one attached hydrogen (secondary N) is 1. The molecule has 0 aliphatic carbocycles. The molecule has 1 aromatic heterocycles. The Morgan fingerprint density at radius 2 is 2.05 bits per heavy atom. The fourth-order valence-electron chi connectivity index (χ4n) is 2.54. The van der Waals surface area contributed by atoms with Gasteiger partial charge in [-0.05, 0) is 32.4 Å². The highest BCUT2D eigenvalue weighted by Gasteiger charge is 2.23. The Kier molecular flexibility index (Phi) is 5.56. The third-order valence-corrected chi connectivity index (χ3v) is 3.89. The largest absolute Gasteiger partial charge is 0.370 e. The zero-order valence-electron chi connectivity index (χ0n) is 13.3. The Morgan fingerprint density at radius 3 is 2.67 bits per heavy atom. The lowest BCUT2D eigenvalue weighted by atomic mass is 10.2. The number of piperazine rings is 1. The Morgan fingerprint density at radius 1 is 1.33 bits per heavy atom. The molecule has 0 saturated carbocycles. The van der Waals surface area contributed by atoms with E-state index in [1.165, 1.54) is 0 Å². The lowest BCUT2D eigenvalue weighted by Gasteiger charge is -2.37. The molecule has 0 aromatic carbocycles. The van der Waals surface area contributed by atoms with E-state index in [0.717, 1.165) is 50.5 Å². The van der Waals surface area contributed by atoms with Gasteiger partial charge in [-0.25, -0.2) is 4.98 Å². The summed E-state index contributed by atoms with van der Waals surface area (Å²) < 4.78 is 0. The quantitative estimate of drug-likeness (QED) is 0.902. The molecule has 0 radical (unpaired) electrons. The van der Waals surface area contributed by atoms with Crippen molar-refractivity contribution in [2.45, 2.75) is 33.2 Å². The highest BCUT2D eigenvalue weighted by molar-refractivity contribution is 5.94. The molecule has 0 atom stereocenters. The molecule has 1 aromatic rings. The van der Waals surface area contributed by atoms with E-state index >= 15 is 0 Å². The van der Waals surface area contributed by atoms with Crippen molar-refractivity contribution in [1.29, 1.82) is 0 Å². The van der Waals surface area contributed by atoms with Gasteiger partial charge in [-0.1, -0.05) is 6.92 Å². The summed E-state index contributed by atoms with van der Waals surface area (Å²) in [5.74, 6) is 0.892. The zero-order chi connectivity index (χ0) is 15.2. The molecule has 5 heteroatoms. The number of pyridine rings is 1. The van der Waals surface area contributed by atoms with Crippen LogP contribution in [0.5, 0.6) is 0 Å². The SMILES string of the molecule is CCCNc1cc(C(=O)N2CCN(C(C)C)CC2)ccn1. The number of amides is 1. The molecular formula is C16H26N4O. The van der Waals surface area contributed by atoms with E-state index in [0.29, 0.717) is 6.04 Å². The number of carbonyl (C=O) groups excluding carboxylic acids is 1. The summed E-state index contributed by atoms with van der Waals surface area (Å²) in [4.78, 5) is 21.2. The molecule has 1 saturated heterocycles. The van der Waals surface area contributed by atoms with Crippen molar-refractivity contribution in [2.24, 2.45) is 0 Å². The molecule has 1 amide bonds. The first-order chi connectivity index (χ1) is 10.1. The molecule has 1 fully saturated rings. The summed E-state index contributed by atoms with van der Waals surface area (Å²) in [7, 11) is 0. The fraction of sp³-hybridized carbons (Fsp3) is 0.625. The van der Waals surface area contributed by atoms with Crippen molar-refractivity contribution < 1.29 is 4.79 Å². The van der Waals surface area contributed by atoms with Crippen LogP contribution in [0.25, 0.3) is 0 Å². The van der Waals surface area contributed by atoms with E-state index in [2.05, 4.69) is 36.0 Å². The smallest absolute Gasteiger partial charge is 0.254 e. The minimum Gasteiger partial charge on any atom is -0.370 e. The van der Waals surface area contributed by atoms with Crippen molar-refractivity contribution in [1.82, 2.24) is 14.8 Å². The molecule has 116 valence electrons. The minimum absolute atomic E-state index is 0.111. The van der Waals surface area contributed by atoms with Crippen molar-refractivity contribution >= 4 is 11.7 Å². The number of hydrogen-bond donors (Lipinski definition) is 1. The van der Waals surface area contributed by atoms with Crippen LogP contribution in [0.15, 0.2) is 18.3 Å². The van der Waals surface area contributed by atoms with Crippen LogP contribution in [-0.4, -0.2) is 59.5 Å². The Bertz CT molecular complexity index is 467. The summed E-state index contributed by atoms with van der Waals surface area (Å²) in [6.07, 6.45) is 2.74. The standard InChI is InChI=1S/C16H26N4O/c1-4-6-17-15-12-14(5-7-18-15)16(21)20-10-8-19(9-11-20)13(2)3/h5,7,12-13H,4,6,8-11H2,1-3H3,(H,17,18). The third-order valence-electron chi connectivity index (χ3n) is 3.89. The van der Waals surface area contributed by atoms with E-state index in [4.69, 9.17) is 0 Å². The molecule has 0 bridgehead atoms. The average Bonchev–Trinajstić information content (AvgIpc) is 2.52. The van der Waals surface area contributed by atoms with Crippen molar-refractivity contribution in [3.8, 4) is 0 Å². The Balaban J connectivity index is 1.97. The summed E-state index contributed by atoms with van der Waals surface area (Å²) in [5.41, 5.74) is 0.724. The van der Waals surface area contributed by atoms with Gasteiger partial charge in [0.05, 0.1) is 0 Å². The van der Waals surface area contributed by atoms with Gasteiger partial charge in [0, 0.05) is 50.5 Å². The number of hydrogen-bond acceptors (Lipinski definition) is 4. The first kappa shape index (κ1) is 15.8. The van der Waals surface area contributed by atoms with Crippen LogP contribution in [0.4, 0.5) is 5.82 Å². The maximum absolute atomic E-state index is 12.6. The van der Waals surface area contributed by atoms with Gasteiger partial charge in [-0.15, -0.1) is 0 Å². The van der Waals surface area contributed by atoms with Crippen LogP contribution in [0.3, 0.4) is 0 Å². The number of nitrogens with zero attached hydrogens (tertiary/aromatic N) is 3. The molecule has 21 heavy (non-hydrogen) atoms. The van der Waals surface area contributed by atoms with Crippen LogP contribution < -0.4 is 5.32 Å². The van der Waals surface area contributed by atoms with E-state index in [1.807, 2.05) is 11.0 Å². The van der Waals surface area contributed by atoms with E-state index < -0.39 is 0 Å². The van der Waals surface area contributed by atoms with Gasteiger partial charge in [0.25, 0.3) is 5.91 Å². The van der Waals surface area contributed by atoms with Gasteiger partial charge in [0.15, 0.2) is 0 Å². The van der Waals surface area contributed by atoms with E-state index in [-0.39, 0.29) is 5.91 Å². The van der Waals surface area contributed by atoms with Crippen molar-refractivity contribution in [3.63, 3.8) is 0 Å². The van der Waals surface area contributed by atoms with Gasteiger partial charge >= 0.3 is 0 Å². The molecule has 2 rings (SSSR count). The molecule has 1 aliphatic rings. The average molecular weight is 290 g/mol. The highest BCUT2D eigenvalue weighted by atomic mass is 16.2. The zero-order valence-corrected chi connectivity index (χ0v) is 13.3. The lowest BCUT2D eigenvalue weighted by Crippen LogP contribution is -2.50. The van der Waals surface area contributed by atoms with E-state index in [1.54, 1.807) is 12.3 Å². The highest BCUT2D eigenvalue weighted by Crippen LogP contribution is 2.13. The van der Waals surface area contributed by atoms with Crippen LogP contribution in [0, 0.1) is 0 Å². The number of rotatable bonds is 5. The molecule has 0 spiro atoms. The summed E-state index contributed by atoms with van der Waals surface area (Å²) in [5, 5.41) is 3.22. The number of aromatic nitrogens is 1. The maximum atomic E-state index is 12.6. The van der Waals surface area contributed by atoms with Crippen molar-refractivity contribution in [2.75, 3.05) is 38.0 Å². The monoisotopic (exact) mass is 290 g/mol. The second-order valence-corrected chi connectivity index (χ2v) is 5.78. The number of anilines is 1. The van der Waals surface area contributed by atoms with Crippen LogP contribution in [-0.2, 0) is 0 Å². The second kappa shape index (κ2) is 7.41. The molecule has 5 nitrogen and oxygen atoms in total. The summed E-state index contributed by atoms with van der Waals surface area (Å²) >= 11 is 0. The number of carbonyl (C=O) groups is 1. The van der Waals surface area contributed by atoms with Gasteiger partial charge in [-0.2, -0.15) is 0 Å². The second-order valence-electron chi connectivity index (χ2n) is 5.78. The van der Waals surface area contributed by atoms with E-state index in [9.17, 15) is 4.79 Å². The van der Waals surface area contributed by atoms with Crippen LogP contribution in [0.2, 0.25) is 0 Å². The summed E-state index contributed by atoms with van der Waals surface area (Å²) in [6, 6.07) is 4.20. The third kappa shape index (κ3) is 4.17. The molecular weight excluding hydrogens is 264 g/mol. The van der Waals surface area contributed by atoms with Gasteiger partial charge < -0.3 is 10.2 Å². The molecule has 2 heterocycles. The van der Waals surface area contributed by atoms with Crippen LogP contribution >= 0.6 is 0 Å². The topological polar surface area (TPSA) is 48.5 Å². The lowest BCUT2D eigenvalue weighted by molar-refractivity contribution is 0.0595. The molecule has 1 N–H and O–H groups in total. The molecule has 1 aliphatic heterocycles. The molecule has 0 unspecified atom stereocenters. The normalized spacial score (nSPS) is 16.3. The van der Waals surface area contributed by atoms with Gasteiger partial charge in [-0.3, -0.25) is 9.69 Å². The first-order valence-electron chi connectivity index (χ1n) is 7.85. The minimum atomic E-state index is 0.111.